The van der Waals surface area contributed by atoms with Crippen molar-refractivity contribution in [2.45, 2.75) is 45.1 Å². The maximum Gasteiger partial charge on any atom is 0.0701 e. The second kappa shape index (κ2) is 8.90. The number of allylic oxidation sites excluding steroid dienone is 1. The van der Waals surface area contributed by atoms with Gasteiger partial charge in [0.15, 0.2) is 0 Å². The summed E-state index contributed by atoms with van der Waals surface area (Å²) in [6.45, 7) is 6.97. The smallest absolute Gasteiger partial charge is 0.0701 e. The first-order valence-electron chi connectivity index (χ1n) is 6.37. The van der Waals surface area contributed by atoms with Crippen LogP contribution in [0.1, 0.15) is 49.9 Å². The summed E-state index contributed by atoms with van der Waals surface area (Å²) >= 11 is 5.38. The van der Waals surface area contributed by atoms with Gasteiger partial charge in [-0.1, -0.05) is 25.8 Å². The third-order valence-corrected chi connectivity index (χ3v) is 4.53. The minimum absolute atomic E-state index is 0.528. The van der Waals surface area contributed by atoms with Crippen LogP contribution < -0.4 is 5.32 Å². The molecule has 0 aliphatic heterocycles. The van der Waals surface area contributed by atoms with Gasteiger partial charge in [-0.05, 0) is 53.9 Å². The molecule has 0 saturated carbocycles. The van der Waals surface area contributed by atoms with Crippen LogP contribution in [0, 0.1) is 0 Å². The van der Waals surface area contributed by atoms with E-state index in [2.05, 4.69) is 46.9 Å². The Morgan fingerprint density at radius 2 is 2.24 bits per heavy atom. The van der Waals surface area contributed by atoms with Crippen LogP contribution in [-0.2, 0) is 0 Å². The number of unbranched alkanes of at least 4 members (excludes halogenated alkanes) is 3. The lowest BCUT2D eigenvalue weighted by atomic mass is 10.1. The molecule has 17 heavy (non-hydrogen) atoms. The number of rotatable bonds is 9. The van der Waals surface area contributed by atoms with E-state index >= 15 is 0 Å². The van der Waals surface area contributed by atoms with Crippen molar-refractivity contribution >= 4 is 27.3 Å². The normalized spacial score (nSPS) is 12.6. The molecule has 0 bridgehead atoms. The molecule has 1 nitrogen and oxygen atoms in total. The van der Waals surface area contributed by atoms with Crippen LogP contribution in [0.2, 0.25) is 0 Å². The molecule has 0 aliphatic carbocycles. The summed E-state index contributed by atoms with van der Waals surface area (Å²) in [6.07, 6.45) is 8.27. The first-order chi connectivity index (χ1) is 8.27. The fourth-order valence-electron chi connectivity index (χ4n) is 1.92. The second-order valence-corrected chi connectivity index (χ2v) is 6.67. The molecule has 1 heterocycles. The first kappa shape index (κ1) is 14.9. The summed E-state index contributed by atoms with van der Waals surface area (Å²) < 4.78 is 1.22. The third-order valence-electron chi connectivity index (χ3n) is 2.79. The van der Waals surface area contributed by atoms with Crippen molar-refractivity contribution in [1.29, 1.82) is 0 Å². The van der Waals surface area contributed by atoms with Crippen molar-refractivity contribution in [1.82, 2.24) is 5.32 Å². The van der Waals surface area contributed by atoms with E-state index in [1.54, 1.807) is 0 Å². The van der Waals surface area contributed by atoms with Gasteiger partial charge in [-0.15, -0.1) is 17.9 Å². The van der Waals surface area contributed by atoms with Crippen molar-refractivity contribution in [2.75, 3.05) is 6.54 Å². The zero-order chi connectivity index (χ0) is 12.5. The van der Waals surface area contributed by atoms with E-state index in [1.807, 2.05) is 17.4 Å². The van der Waals surface area contributed by atoms with E-state index in [0.29, 0.717) is 6.04 Å². The summed E-state index contributed by atoms with van der Waals surface area (Å²) in [7, 11) is 0. The quantitative estimate of drug-likeness (QED) is 0.481. The largest absolute Gasteiger partial charge is 0.310 e. The molecular formula is C14H22BrNS. The molecule has 0 aliphatic rings. The Bertz CT molecular complexity index is 322. The number of thiophene rings is 1. The monoisotopic (exact) mass is 315 g/mol. The van der Waals surface area contributed by atoms with Crippen molar-refractivity contribution in [3.05, 3.63) is 33.5 Å². The van der Waals surface area contributed by atoms with Gasteiger partial charge in [-0.2, -0.15) is 0 Å². The standard InChI is InChI=1S/C14H22BrNS/c1-3-5-6-7-8-9-12(16-4-2)13-10-11-14(15)17-13/h3,10-12,16H,1,4-9H2,2H3. The highest BCUT2D eigenvalue weighted by molar-refractivity contribution is 9.11. The van der Waals surface area contributed by atoms with E-state index in [1.165, 1.54) is 34.3 Å². The summed E-state index contributed by atoms with van der Waals surface area (Å²) in [6, 6.07) is 4.90. The minimum atomic E-state index is 0.528. The third kappa shape index (κ3) is 5.84. The van der Waals surface area contributed by atoms with Gasteiger partial charge in [0.05, 0.1) is 3.79 Å². The topological polar surface area (TPSA) is 12.0 Å². The van der Waals surface area contributed by atoms with Gasteiger partial charge in [0, 0.05) is 10.9 Å². The predicted molar refractivity (Wildman–Crippen MR) is 81.7 cm³/mol. The highest BCUT2D eigenvalue weighted by atomic mass is 79.9. The summed E-state index contributed by atoms with van der Waals surface area (Å²) in [5, 5.41) is 3.57. The molecule has 0 amide bonds. The van der Waals surface area contributed by atoms with Gasteiger partial charge < -0.3 is 5.32 Å². The number of hydrogen-bond donors (Lipinski definition) is 1. The van der Waals surface area contributed by atoms with Gasteiger partial charge >= 0.3 is 0 Å². The SMILES string of the molecule is C=CCCCCCC(NCC)c1ccc(Br)s1. The van der Waals surface area contributed by atoms with Crippen LogP contribution in [0.3, 0.4) is 0 Å². The van der Waals surface area contributed by atoms with E-state index in [-0.39, 0.29) is 0 Å². The van der Waals surface area contributed by atoms with Crippen LogP contribution in [0.15, 0.2) is 28.6 Å². The van der Waals surface area contributed by atoms with E-state index < -0.39 is 0 Å². The molecule has 1 aromatic rings. The Kier molecular flexibility index (Phi) is 7.82. The lowest BCUT2D eigenvalue weighted by Crippen LogP contribution is -2.19. The van der Waals surface area contributed by atoms with Crippen LogP contribution in [0.25, 0.3) is 0 Å². The summed E-state index contributed by atoms with van der Waals surface area (Å²) in [5.74, 6) is 0. The maximum atomic E-state index is 3.76. The number of nitrogens with one attached hydrogen (secondary N) is 1. The van der Waals surface area contributed by atoms with Gasteiger partial charge in [0.2, 0.25) is 0 Å². The summed E-state index contributed by atoms with van der Waals surface area (Å²) in [5.41, 5.74) is 0. The van der Waals surface area contributed by atoms with Crippen molar-refractivity contribution in [3.8, 4) is 0 Å². The van der Waals surface area contributed by atoms with Crippen LogP contribution >= 0.6 is 27.3 Å². The fourth-order valence-corrected chi connectivity index (χ4v) is 3.45. The lowest BCUT2D eigenvalue weighted by molar-refractivity contribution is 0.490. The molecule has 0 saturated heterocycles. The lowest BCUT2D eigenvalue weighted by Gasteiger charge is -2.16. The highest BCUT2D eigenvalue weighted by Gasteiger charge is 2.11. The highest BCUT2D eigenvalue weighted by Crippen LogP contribution is 2.30. The first-order valence-corrected chi connectivity index (χ1v) is 7.98. The molecule has 0 spiro atoms. The average Bonchev–Trinajstić information content (AvgIpc) is 2.74. The zero-order valence-corrected chi connectivity index (χ0v) is 12.9. The average molecular weight is 316 g/mol. The minimum Gasteiger partial charge on any atom is -0.310 e. The fraction of sp³-hybridized carbons (Fsp3) is 0.571. The molecule has 1 N–H and O–H groups in total. The van der Waals surface area contributed by atoms with Crippen LogP contribution in [0.4, 0.5) is 0 Å². The van der Waals surface area contributed by atoms with Gasteiger partial charge in [0.1, 0.15) is 0 Å². The van der Waals surface area contributed by atoms with Crippen molar-refractivity contribution in [2.24, 2.45) is 0 Å². The molecule has 0 aromatic carbocycles. The molecule has 0 radical (unpaired) electrons. The molecule has 1 aromatic heterocycles. The van der Waals surface area contributed by atoms with Gasteiger partial charge in [-0.3, -0.25) is 0 Å². The molecule has 3 heteroatoms. The Morgan fingerprint density at radius 1 is 1.41 bits per heavy atom. The Balaban J connectivity index is 2.35. The molecule has 1 unspecified atom stereocenters. The van der Waals surface area contributed by atoms with E-state index in [4.69, 9.17) is 0 Å². The molecular weight excluding hydrogens is 294 g/mol. The van der Waals surface area contributed by atoms with Gasteiger partial charge in [-0.25, -0.2) is 0 Å². The molecule has 0 fully saturated rings. The predicted octanol–water partition coefficient (Wildman–Crippen LogP) is 5.30. The molecule has 1 atom stereocenters. The van der Waals surface area contributed by atoms with Crippen molar-refractivity contribution in [3.63, 3.8) is 0 Å². The van der Waals surface area contributed by atoms with Crippen LogP contribution in [0.5, 0.6) is 0 Å². The summed E-state index contributed by atoms with van der Waals surface area (Å²) in [4.78, 5) is 1.45. The maximum absolute atomic E-state index is 3.76. The Hall–Kier alpha value is -0.120. The van der Waals surface area contributed by atoms with Gasteiger partial charge in [0.25, 0.3) is 0 Å². The van der Waals surface area contributed by atoms with E-state index in [0.717, 1.165) is 13.0 Å². The second-order valence-electron chi connectivity index (χ2n) is 4.18. The molecule has 96 valence electrons. The Morgan fingerprint density at radius 3 is 2.82 bits per heavy atom. The Labute approximate surface area is 117 Å². The molecule has 1 rings (SSSR count). The number of halogens is 1. The number of hydrogen-bond acceptors (Lipinski definition) is 2. The van der Waals surface area contributed by atoms with Crippen LogP contribution in [-0.4, -0.2) is 6.54 Å². The zero-order valence-electron chi connectivity index (χ0n) is 10.5. The van der Waals surface area contributed by atoms with E-state index in [9.17, 15) is 0 Å². The van der Waals surface area contributed by atoms with Crippen molar-refractivity contribution < 1.29 is 0 Å².